The Morgan fingerprint density at radius 1 is 0.256 bits per heavy atom. The average Bonchev–Trinajstić information content (AvgIpc) is 3.48. The monoisotopic (exact) mass is 1150 g/mol. The number of esters is 3. The molecule has 0 aromatic carbocycles. The fourth-order valence-corrected chi connectivity index (χ4v) is 10.6. The van der Waals surface area contributed by atoms with E-state index in [1.165, 1.54) is 238 Å². The van der Waals surface area contributed by atoms with Crippen molar-refractivity contribution in [1.29, 1.82) is 0 Å². The van der Waals surface area contributed by atoms with Gasteiger partial charge in [0.15, 0.2) is 6.10 Å². The highest BCUT2D eigenvalue weighted by molar-refractivity contribution is 5.71. The molecule has 0 heterocycles. The molecule has 0 saturated carbocycles. The smallest absolute Gasteiger partial charge is 0.306 e. The molecule has 1 atom stereocenters. The van der Waals surface area contributed by atoms with Gasteiger partial charge in [0.25, 0.3) is 0 Å². The third kappa shape index (κ3) is 67.6. The first-order valence-corrected chi connectivity index (χ1v) is 35.9. The molecule has 0 aromatic heterocycles. The third-order valence-corrected chi connectivity index (χ3v) is 16.0. The largest absolute Gasteiger partial charge is 0.462 e. The summed E-state index contributed by atoms with van der Waals surface area (Å²) in [7, 11) is 0. The van der Waals surface area contributed by atoms with Crippen LogP contribution in [0.25, 0.3) is 0 Å². The van der Waals surface area contributed by atoms with Gasteiger partial charge >= 0.3 is 17.9 Å². The van der Waals surface area contributed by atoms with E-state index in [2.05, 4.69) is 93.7 Å². The van der Waals surface area contributed by atoms with Crippen LogP contribution < -0.4 is 0 Å². The van der Waals surface area contributed by atoms with E-state index < -0.39 is 6.10 Å². The van der Waals surface area contributed by atoms with Crippen LogP contribution in [0.1, 0.15) is 374 Å². The lowest BCUT2D eigenvalue weighted by Crippen LogP contribution is -2.30. The SMILES string of the molecule is CC/C=C\C/C=C\C/C=C\C/C=C\C/C=C\C/C=C\CCCCC(=O)OC(COC(=O)CCCCCCCCCCC)COC(=O)CCCCCCCCCCCCCCCCCCCCCCCCCCCCCCCCCCCC. The standard InChI is InChI=1S/C76H136O6/c1-4-7-10-13-16-19-21-23-25-27-29-31-32-33-34-35-36-37-38-39-40-41-42-43-45-46-48-50-52-54-57-60-63-66-69-75(78)81-72-73(71-80-74(77)68-65-62-59-56-18-15-12-9-6-3)82-76(79)70-67-64-61-58-55-53-51-49-47-44-30-28-26-24-22-20-17-14-11-8-5-2/h8,11,17,20,24,26,30,44,49,51,55,58,73H,4-7,9-10,12-16,18-19,21-23,25,27-29,31-43,45-48,50,52-54,56-57,59-72H2,1-3H3/b11-8-,20-17-,26-24-,44-30-,51-49-,58-55-. The third-order valence-electron chi connectivity index (χ3n) is 16.0. The summed E-state index contributed by atoms with van der Waals surface area (Å²) in [6.07, 6.45) is 92.6. The predicted molar refractivity (Wildman–Crippen MR) is 358 cm³/mol. The minimum Gasteiger partial charge on any atom is -0.462 e. The van der Waals surface area contributed by atoms with Crippen molar-refractivity contribution < 1.29 is 28.6 Å². The Morgan fingerprint density at radius 2 is 0.476 bits per heavy atom. The van der Waals surface area contributed by atoms with Gasteiger partial charge in [-0.2, -0.15) is 0 Å². The number of hydrogen-bond donors (Lipinski definition) is 0. The van der Waals surface area contributed by atoms with Crippen molar-refractivity contribution in [2.45, 2.75) is 380 Å². The Bertz CT molecular complexity index is 1500. The van der Waals surface area contributed by atoms with Crippen molar-refractivity contribution in [3.05, 3.63) is 72.9 Å². The van der Waals surface area contributed by atoms with Crippen LogP contribution in [0.3, 0.4) is 0 Å². The van der Waals surface area contributed by atoms with Gasteiger partial charge in [-0.3, -0.25) is 14.4 Å². The van der Waals surface area contributed by atoms with Gasteiger partial charge in [0.1, 0.15) is 13.2 Å². The Kier molecular flexibility index (Phi) is 67.6. The van der Waals surface area contributed by atoms with Crippen LogP contribution in [-0.4, -0.2) is 37.2 Å². The molecule has 82 heavy (non-hydrogen) atoms. The summed E-state index contributed by atoms with van der Waals surface area (Å²) >= 11 is 0. The van der Waals surface area contributed by atoms with Crippen LogP contribution in [0.5, 0.6) is 0 Å². The summed E-state index contributed by atoms with van der Waals surface area (Å²) in [6, 6.07) is 0. The molecule has 0 rings (SSSR count). The molecule has 0 radical (unpaired) electrons. The zero-order valence-corrected chi connectivity index (χ0v) is 54.8. The second kappa shape index (κ2) is 70.3. The number of hydrogen-bond acceptors (Lipinski definition) is 6. The fraction of sp³-hybridized carbons (Fsp3) is 0.803. The van der Waals surface area contributed by atoms with E-state index in [0.717, 1.165) is 89.9 Å². The maximum absolute atomic E-state index is 12.9. The second-order valence-electron chi connectivity index (χ2n) is 24.1. The first-order valence-electron chi connectivity index (χ1n) is 35.9. The van der Waals surface area contributed by atoms with Gasteiger partial charge < -0.3 is 14.2 Å². The lowest BCUT2D eigenvalue weighted by Gasteiger charge is -2.18. The van der Waals surface area contributed by atoms with Crippen LogP contribution in [0.2, 0.25) is 0 Å². The minimum absolute atomic E-state index is 0.0892. The van der Waals surface area contributed by atoms with Gasteiger partial charge in [-0.05, 0) is 70.6 Å². The molecule has 0 saturated heterocycles. The maximum Gasteiger partial charge on any atom is 0.306 e. The number of rotatable bonds is 66. The number of ether oxygens (including phenoxy) is 3. The van der Waals surface area contributed by atoms with Crippen LogP contribution in [0, 0.1) is 0 Å². The van der Waals surface area contributed by atoms with E-state index in [-0.39, 0.29) is 37.5 Å². The Hall–Kier alpha value is -3.15. The molecule has 0 fully saturated rings. The van der Waals surface area contributed by atoms with Gasteiger partial charge in [-0.25, -0.2) is 0 Å². The number of carbonyl (C=O) groups is 3. The van der Waals surface area contributed by atoms with Crippen LogP contribution in [-0.2, 0) is 28.6 Å². The number of carbonyl (C=O) groups excluding carboxylic acids is 3. The highest BCUT2D eigenvalue weighted by Crippen LogP contribution is 2.19. The first-order chi connectivity index (χ1) is 40.5. The average molecular weight is 1150 g/mol. The van der Waals surface area contributed by atoms with Crippen LogP contribution in [0.4, 0.5) is 0 Å². The number of allylic oxidation sites excluding steroid dienone is 12. The van der Waals surface area contributed by atoms with Crippen LogP contribution >= 0.6 is 0 Å². The topological polar surface area (TPSA) is 78.9 Å². The Morgan fingerprint density at radius 3 is 0.744 bits per heavy atom. The first kappa shape index (κ1) is 78.8. The van der Waals surface area contributed by atoms with Crippen molar-refractivity contribution in [1.82, 2.24) is 0 Å². The van der Waals surface area contributed by atoms with E-state index >= 15 is 0 Å². The summed E-state index contributed by atoms with van der Waals surface area (Å²) < 4.78 is 16.9. The van der Waals surface area contributed by atoms with Crippen molar-refractivity contribution in [2.75, 3.05) is 13.2 Å². The molecule has 476 valence electrons. The van der Waals surface area contributed by atoms with E-state index in [4.69, 9.17) is 14.2 Å². The molecule has 6 heteroatoms. The molecule has 0 bridgehead atoms. The molecular weight excluding hydrogens is 1010 g/mol. The van der Waals surface area contributed by atoms with E-state index in [9.17, 15) is 14.4 Å². The van der Waals surface area contributed by atoms with Gasteiger partial charge in [-0.15, -0.1) is 0 Å². The molecule has 0 spiro atoms. The fourth-order valence-electron chi connectivity index (χ4n) is 10.6. The van der Waals surface area contributed by atoms with Gasteiger partial charge in [0.05, 0.1) is 0 Å². The van der Waals surface area contributed by atoms with Gasteiger partial charge in [0.2, 0.25) is 0 Å². The molecule has 0 aromatic rings. The molecule has 0 N–H and O–H groups in total. The lowest BCUT2D eigenvalue weighted by atomic mass is 10.0. The zero-order valence-electron chi connectivity index (χ0n) is 54.8. The van der Waals surface area contributed by atoms with Gasteiger partial charge in [0, 0.05) is 19.3 Å². The van der Waals surface area contributed by atoms with Crippen molar-refractivity contribution >= 4 is 17.9 Å². The molecule has 1 unspecified atom stereocenters. The van der Waals surface area contributed by atoms with E-state index in [0.29, 0.717) is 19.3 Å². The summed E-state index contributed by atoms with van der Waals surface area (Å²) in [5.41, 5.74) is 0. The number of unbranched alkanes of at least 4 members (excludes halogenated alkanes) is 43. The van der Waals surface area contributed by atoms with Crippen molar-refractivity contribution in [3.63, 3.8) is 0 Å². The van der Waals surface area contributed by atoms with Crippen LogP contribution in [0.15, 0.2) is 72.9 Å². The molecule has 0 amide bonds. The molecular formula is C76H136O6. The Balaban J connectivity index is 4.08. The summed E-state index contributed by atoms with van der Waals surface area (Å²) in [6.45, 7) is 6.52. The summed E-state index contributed by atoms with van der Waals surface area (Å²) in [5, 5.41) is 0. The van der Waals surface area contributed by atoms with E-state index in [1.54, 1.807) is 0 Å². The van der Waals surface area contributed by atoms with Crippen molar-refractivity contribution in [3.8, 4) is 0 Å². The zero-order chi connectivity index (χ0) is 59.2. The van der Waals surface area contributed by atoms with Gasteiger partial charge in [-0.1, -0.05) is 357 Å². The molecule has 0 aliphatic heterocycles. The van der Waals surface area contributed by atoms with Crippen molar-refractivity contribution in [2.24, 2.45) is 0 Å². The normalized spacial score (nSPS) is 12.5. The summed E-state index contributed by atoms with van der Waals surface area (Å²) in [5.74, 6) is -0.918. The highest BCUT2D eigenvalue weighted by atomic mass is 16.6. The molecule has 0 aliphatic rings. The Labute approximate surface area is 510 Å². The quantitative estimate of drug-likeness (QED) is 0.0261. The van der Waals surface area contributed by atoms with E-state index in [1.807, 2.05) is 0 Å². The maximum atomic E-state index is 12.9. The second-order valence-corrected chi connectivity index (χ2v) is 24.1. The molecule has 6 nitrogen and oxygen atoms in total. The summed E-state index contributed by atoms with van der Waals surface area (Å²) in [4.78, 5) is 38.2. The lowest BCUT2D eigenvalue weighted by molar-refractivity contribution is -0.167. The molecule has 0 aliphatic carbocycles. The highest BCUT2D eigenvalue weighted by Gasteiger charge is 2.19. The predicted octanol–water partition coefficient (Wildman–Crippen LogP) is 24.8. The minimum atomic E-state index is -0.796.